The summed E-state index contributed by atoms with van der Waals surface area (Å²) in [6.45, 7) is 0. The van der Waals surface area contributed by atoms with Crippen molar-refractivity contribution >= 4 is 22.7 Å². The Morgan fingerprint density at radius 1 is 0.875 bits per heavy atom. The number of carbonyl (C=O) groups excluding carboxylic acids is 2. The first-order valence-corrected chi connectivity index (χ1v) is 10.3. The monoisotopic (exact) mass is 436 g/mol. The molecule has 0 spiro atoms. The number of H-pyrrole nitrogens is 1. The number of hydrogen-bond acceptors (Lipinski definition) is 6. The number of hydrogen-bond donors (Lipinski definition) is 2. The lowest BCUT2D eigenvalue weighted by atomic mass is 9.71. The van der Waals surface area contributed by atoms with Gasteiger partial charge in [-0.25, -0.2) is 0 Å². The first kappa shape index (κ1) is 20.2. The van der Waals surface area contributed by atoms with E-state index in [1.807, 2.05) is 30.3 Å². The maximum atomic E-state index is 12.7. The molecule has 0 radical (unpaired) electrons. The highest BCUT2D eigenvalue weighted by molar-refractivity contribution is 6.09. The van der Waals surface area contributed by atoms with Gasteiger partial charge in [0.1, 0.15) is 5.75 Å². The zero-order chi connectivity index (χ0) is 22.6. The molecule has 0 bridgehead atoms. The molecule has 2 amide bonds. The summed E-state index contributed by atoms with van der Waals surface area (Å²) in [4.78, 5) is 28.7. The van der Waals surface area contributed by atoms with Gasteiger partial charge < -0.3 is 23.9 Å². The number of nitrogens with one attached hydrogen (secondary N) is 2. The quantitative estimate of drug-likeness (QED) is 0.597. The van der Waals surface area contributed by atoms with E-state index in [9.17, 15) is 9.59 Å². The second-order valence-corrected chi connectivity index (χ2v) is 8.05. The van der Waals surface area contributed by atoms with Crippen LogP contribution in [0.15, 0.2) is 30.3 Å². The zero-order valence-corrected chi connectivity index (χ0v) is 18.3. The Morgan fingerprint density at radius 3 is 2.22 bits per heavy atom. The fourth-order valence-electron chi connectivity index (χ4n) is 5.15. The fraction of sp³-hybridized carbons (Fsp3) is 0.333. The van der Waals surface area contributed by atoms with Gasteiger partial charge in [0.25, 0.3) is 0 Å². The van der Waals surface area contributed by atoms with Crippen LogP contribution in [-0.2, 0) is 9.59 Å². The number of amides is 2. The van der Waals surface area contributed by atoms with E-state index >= 15 is 0 Å². The Bertz CT molecular complexity index is 1220. The molecule has 0 unspecified atom stereocenters. The molecular weight excluding hydrogens is 412 g/mol. The molecule has 1 fully saturated rings. The normalized spacial score (nSPS) is 21.7. The lowest BCUT2D eigenvalue weighted by molar-refractivity contribution is -0.125. The summed E-state index contributed by atoms with van der Waals surface area (Å²) in [5.74, 6) is 0.663. The van der Waals surface area contributed by atoms with Gasteiger partial charge in [-0.1, -0.05) is 0 Å². The summed E-state index contributed by atoms with van der Waals surface area (Å²) in [7, 11) is 6.32. The van der Waals surface area contributed by atoms with Crippen LogP contribution in [0, 0.1) is 5.92 Å². The van der Waals surface area contributed by atoms with Gasteiger partial charge in [0, 0.05) is 28.6 Å². The second kappa shape index (κ2) is 7.47. The Labute approximate surface area is 184 Å². The molecule has 2 aliphatic rings. The molecule has 8 nitrogen and oxygen atoms in total. The Morgan fingerprint density at radius 2 is 1.59 bits per heavy atom. The van der Waals surface area contributed by atoms with Crippen LogP contribution in [0.1, 0.15) is 35.1 Å². The van der Waals surface area contributed by atoms with Gasteiger partial charge in [0.2, 0.25) is 17.6 Å². The maximum absolute atomic E-state index is 12.7. The van der Waals surface area contributed by atoms with Gasteiger partial charge in [0.05, 0.1) is 40.3 Å². The van der Waals surface area contributed by atoms with Gasteiger partial charge >= 0.3 is 0 Å². The summed E-state index contributed by atoms with van der Waals surface area (Å²) in [6.07, 6.45) is 0.493. The van der Waals surface area contributed by atoms with Crippen LogP contribution in [0.2, 0.25) is 0 Å². The van der Waals surface area contributed by atoms with Crippen molar-refractivity contribution in [3.63, 3.8) is 0 Å². The lowest BCUT2D eigenvalue weighted by Gasteiger charge is -2.30. The van der Waals surface area contributed by atoms with Crippen LogP contribution in [0.4, 0.5) is 0 Å². The molecule has 0 saturated carbocycles. The smallest absolute Gasteiger partial charge is 0.236 e. The van der Waals surface area contributed by atoms with Crippen LogP contribution >= 0.6 is 0 Å². The van der Waals surface area contributed by atoms with Crippen LogP contribution in [-0.4, -0.2) is 45.2 Å². The summed E-state index contributed by atoms with van der Waals surface area (Å²) in [5.41, 5.74) is 3.55. The molecule has 2 heterocycles. The van der Waals surface area contributed by atoms with Crippen LogP contribution in [0.5, 0.6) is 23.0 Å². The summed E-state index contributed by atoms with van der Waals surface area (Å²) < 4.78 is 22.0. The number of aromatic amines is 1. The number of methoxy groups -OCH3 is 4. The van der Waals surface area contributed by atoms with Gasteiger partial charge in [-0.05, 0) is 41.8 Å². The van der Waals surface area contributed by atoms with E-state index in [1.165, 1.54) is 0 Å². The van der Waals surface area contributed by atoms with Crippen molar-refractivity contribution in [2.75, 3.05) is 28.4 Å². The van der Waals surface area contributed by atoms with Gasteiger partial charge in [0.15, 0.2) is 11.5 Å². The van der Waals surface area contributed by atoms with Crippen LogP contribution in [0.25, 0.3) is 10.9 Å². The maximum Gasteiger partial charge on any atom is 0.236 e. The van der Waals surface area contributed by atoms with E-state index in [1.54, 1.807) is 28.4 Å². The van der Waals surface area contributed by atoms with E-state index in [-0.39, 0.29) is 17.7 Å². The van der Waals surface area contributed by atoms with Crippen LogP contribution in [0.3, 0.4) is 0 Å². The van der Waals surface area contributed by atoms with Gasteiger partial charge in [-0.2, -0.15) is 0 Å². The average molecular weight is 436 g/mol. The molecule has 2 N–H and O–H groups in total. The summed E-state index contributed by atoms with van der Waals surface area (Å²) in [5, 5.41) is 3.50. The highest BCUT2D eigenvalue weighted by Gasteiger charge is 2.50. The standard InChI is InChI=1S/C24H24N2O6/c1-29-12-5-6-13-16(9-12)25-21-19(13)14(10-15-20(21)24(28)26-23(15)27)11-7-17(30-2)22(32-4)18(8-11)31-3/h5-9,14-15,20,25H,10H2,1-4H3,(H,26,27,28)/t14-,15-,20-/m1/s1. The number of rotatable bonds is 5. The van der Waals surface area contributed by atoms with Gasteiger partial charge in [-0.15, -0.1) is 0 Å². The molecule has 1 aliphatic carbocycles. The largest absolute Gasteiger partial charge is 0.497 e. The predicted octanol–water partition coefficient (Wildman–Crippen LogP) is 3.09. The third-order valence-electron chi connectivity index (χ3n) is 6.58. The first-order chi connectivity index (χ1) is 15.5. The van der Waals surface area contributed by atoms with Crippen molar-refractivity contribution in [1.82, 2.24) is 10.3 Å². The number of carbonyl (C=O) groups is 2. The van der Waals surface area contributed by atoms with E-state index in [0.717, 1.165) is 27.7 Å². The number of ether oxygens (including phenoxy) is 4. The molecule has 2 aromatic carbocycles. The fourth-order valence-corrected chi connectivity index (χ4v) is 5.15. The van der Waals surface area contributed by atoms with Crippen molar-refractivity contribution in [1.29, 1.82) is 0 Å². The lowest BCUT2D eigenvalue weighted by Crippen LogP contribution is -2.26. The van der Waals surface area contributed by atoms with Crippen molar-refractivity contribution in [3.8, 4) is 23.0 Å². The molecule has 1 aromatic heterocycles. The third kappa shape index (κ3) is 2.82. The number of fused-ring (bicyclic) bond motifs is 5. The Kier molecular flexibility index (Phi) is 4.73. The summed E-state index contributed by atoms with van der Waals surface area (Å²) in [6, 6.07) is 9.61. The minimum Gasteiger partial charge on any atom is -0.497 e. The Balaban J connectivity index is 1.76. The average Bonchev–Trinajstić information content (AvgIpc) is 3.33. The molecule has 3 aromatic rings. The molecule has 1 aliphatic heterocycles. The molecular formula is C24H24N2O6. The zero-order valence-electron chi connectivity index (χ0n) is 18.3. The van der Waals surface area contributed by atoms with E-state index in [2.05, 4.69) is 10.3 Å². The molecule has 8 heteroatoms. The SMILES string of the molecule is COc1ccc2c3c([nH]c2c1)[C@@H]1C(=O)NC(=O)[C@@H]1C[C@@H]3c1cc(OC)c(OC)c(OC)c1. The number of imide groups is 1. The minimum absolute atomic E-state index is 0.154. The van der Waals surface area contributed by atoms with Crippen molar-refractivity contribution in [2.24, 2.45) is 5.92 Å². The molecule has 32 heavy (non-hydrogen) atoms. The number of benzene rings is 2. The van der Waals surface area contributed by atoms with Crippen molar-refractivity contribution in [2.45, 2.75) is 18.3 Å². The second-order valence-electron chi connectivity index (χ2n) is 8.05. The Hall–Kier alpha value is -3.68. The molecule has 3 atom stereocenters. The van der Waals surface area contributed by atoms with E-state index in [4.69, 9.17) is 18.9 Å². The third-order valence-corrected chi connectivity index (χ3v) is 6.58. The van der Waals surface area contributed by atoms with Crippen molar-refractivity contribution in [3.05, 3.63) is 47.2 Å². The first-order valence-electron chi connectivity index (χ1n) is 10.3. The molecule has 166 valence electrons. The summed E-state index contributed by atoms with van der Waals surface area (Å²) >= 11 is 0. The van der Waals surface area contributed by atoms with Crippen molar-refractivity contribution < 1.29 is 28.5 Å². The predicted molar refractivity (Wildman–Crippen MR) is 117 cm³/mol. The number of aromatic nitrogens is 1. The highest BCUT2D eigenvalue weighted by atomic mass is 16.5. The highest BCUT2D eigenvalue weighted by Crippen LogP contribution is 2.52. The van der Waals surface area contributed by atoms with E-state index < -0.39 is 11.8 Å². The topological polar surface area (TPSA) is 98.9 Å². The van der Waals surface area contributed by atoms with Gasteiger partial charge in [-0.3, -0.25) is 14.9 Å². The minimum atomic E-state index is -0.533. The van der Waals surface area contributed by atoms with E-state index in [0.29, 0.717) is 29.4 Å². The van der Waals surface area contributed by atoms with Crippen LogP contribution < -0.4 is 24.3 Å². The molecule has 1 saturated heterocycles. The molecule has 5 rings (SSSR count).